The third-order valence-electron chi connectivity index (χ3n) is 5.89. The van der Waals surface area contributed by atoms with Crippen LogP contribution in [0.15, 0.2) is 16.7 Å². The van der Waals surface area contributed by atoms with Crippen molar-refractivity contribution in [2.45, 2.75) is 76.5 Å². The number of sulfonamides is 1. The molecule has 8 heteroatoms. The van der Waals surface area contributed by atoms with Crippen LogP contribution in [0.5, 0.6) is 0 Å². The topological polar surface area (TPSA) is 79.4 Å². The quantitative estimate of drug-likeness (QED) is 0.524. The smallest absolute Gasteiger partial charge is 0.268 e. The zero-order valence-electron chi connectivity index (χ0n) is 16.9. The minimum atomic E-state index is -3.70. The molecule has 0 aromatic carbocycles. The number of carbonyl (C=O) groups is 1. The van der Waals surface area contributed by atoms with Gasteiger partial charge in [-0.25, -0.2) is 18.1 Å². The maximum atomic E-state index is 13.0. The number of aromatic nitrogens is 1. The summed E-state index contributed by atoms with van der Waals surface area (Å²) in [6, 6.07) is 3.34. The van der Waals surface area contributed by atoms with Crippen molar-refractivity contribution in [3.63, 3.8) is 0 Å². The molecule has 1 aromatic rings. The van der Waals surface area contributed by atoms with Crippen LogP contribution in [-0.2, 0) is 10.0 Å². The molecule has 0 unspecified atom stereocenters. The highest BCUT2D eigenvalue weighted by Gasteiger charge is 2.39. The molecule has 1 saturated carbocycles. The van der Waals surface area contributed by atoms with Crippen LogP contribution in [0.1, 0.15) is 76.1 Å². The predicted molar refractivity (Wildman–Crippen MR) is 115 cm³/mol. The zero-order valence-corrected chi connectivity index (χ0v) is 19.3. The number of amides is 1. The number of hydrogen-bond donors (Lipinski definition) is 1. The van der Waals surface area contributed by atoms with Gasteiger partial charge in [0.25, 0.3) is 5.91 Å². The number of halogens is 1. The van der Waals surface area contributed by atoms with Gasteiger partial charge in [-0.3, -0.25) is 4.79 Å². The van der Waals surface area contributed by atoms with E-state index in [0.717, 1.165) is 38.6 Å². The third kappa shape index (κ3) is 4.70. The zero-order chi connectivity index (χ0) is 20.5. The highest BCUT2D eigenvalue weighted by Crippen LogP contribution is 2.37. The molecular formula is C20H30BrN3O3S. The third-order valence-corrected chi connectivity index (χ3v) is 8.15. The van der Waals surface area contributed by atoms with Crippen molar-refractivity contribution in [1.29, 1.82) is 0 Å². The Bertz CT molecular complexity index is 833. The van der Waals surface area contributed by atoms with Crippen LogP contribution in [0, 0.1) is 5.92 Å². The van der Waals surface area contributed by atoms with Crippen molar-refractivity contribution >= 4 is 37.7 Å². The number of pyridine rings is 1. The first-order valence-electron chi connectivity index (χ1n) is 10.1. The molecule has 1 saturated heterocycles. The average molecular weight is 472 g/mol. The van der Waals surface area contributed by atoms with Crippen LogP contribution in [0.3, 0.4) is 0 Å². The van der Waals surface area contributed by atoms with Crippen molar-refractivity contribution in [3.05, 3.63) is 22.3 Å². The lowest BCUT2D eigenvalue weighted by atomic mass is 9.97. The average Bonchev–Trinajstić information content (AvgIpc) is 2.79. The number of nitrogens with one attached hydrogen (secondary N) is 1. The molecule has 2 fully saturated rings. The summed E-state index contributed by atoms with van der Waals surface area (Å²) >= 11 is 3.39. The van der Waals surface area contributed by atoms with E-state index in [2.05, 4.69) is 51.3 Å². The van der Waals surface area contributed by atoms with E-state index in [-0.39, 0.29) is 5.54 Å². The van der Waals surface area contributed by atoms with Crippen LogP contribution in [0.4, 0.5) is 5.82 Å². The van der Waals surface area contributed by atoms with Gasteiger partial charge in [-0.1, -0.05) is 32.6 Å². The molecule has 1 aromatic heterocycles. The second kappa shape index (κ2) is 8.30. The molecule has 3 rings (SSSR count). The second-order valence-corrected chi connectivity index (χ2v) is 11.6. The fourth-order valence-corrected chi connectivity index (χ4v) is 6.38. The van der Waals surface area contributed by atoms with Crippen LogP contribution < -0.4 is 9.62 Å². The molecule has 1 atom stereocenters. The molecule has 1 amide bonds. The maximum Gasteiger partial charge on any atom is 0.268 e. The summed E-state index contributed by atoms with van der Waals surface area (Å²) in [5.41, 5.74) is 0.158. The first kappa shape index (κ1) is 21.6. The Morgan fingerprint density at radius 2 is 1.86 bits per heavy atom. The number of hydrogen-bond acceptors (Lipinski definition) is 5. The molecule has 0 bridgehead atoms. The second-order valence-electron chi connectivity index (χ2n) is 8.83. The summed E-state index contributed by atoms with van der Waals surface area (Å²) in [6.45, 7) is 7.22. The Hall–Kier alpha value is -1.15. The van der Waals surface area contributed by atoms with Gasteiger partial charge < -0.3 is 4.90 Å². The van der Waals surface area contributed by atoms with Crippen LogP contribution >= 0.6 is 15.9 Å². The van der Waals surface area contributed by atoms with E-state index in [4.69, 9.17) is 0 Å². The van der Waals surface area contributed by atoms with Crippen molar-refractivity contribution in [1.82, 2.24) is 9.71 Å². The summed E-state index contributed by atoms with van der Waals surface area (Å²) < 4.78 is 28.6. The standard InChI is InChI=1S/C20H30BrN3O3S/c1-14-12-20(2,3)24(13-14)18-16(10-11-17(21)22-18)19(25)23-28(26,27)15-8-6-4-5-7-9-15/h10-11,14-15H,4-9,12-13H2,1-3H3,(H,23,25)/t14-/m0/s1. The fraction of sp³-hybridized carbons (Fsp3) is 0.700. The lowest BCUT2D eigenvalue weighted by Crippen LogP contribution is -2.42. The molecule has 1 aliphatic heterocycles. The number of anilines is 1. The van der Waals surface area contributed by atoms with Gasteiger partial charge in [-0.05, 0) is 67.1 Å². The lowest BCUT2D eigenvalue weighted by Gasteiger charge is -2.33. The molecule has 0 spiro atoms. The molecule has 156 valence electrons. The Kier molecular flexibility index (Phi) is 6.39. The van der Waals surface area contributed by atoms with Gasteiger partial charge in [0.15, 0.2) is 0 Å². The monoisotopic (exact) mass is 471 g/mol. The summed E-state index contributed by atoms with van der Waals surface area (Å²) in [5, 5.41) is -0.492. The van der Waals surface area contributed by atoms with Crippen molar-refractivity contribution in [2.24, 2.45) is 5.92 Å². The van der Waals surface area contributed by atoms with Gasteiger partial charge in [0.05, 0.1) is 10.8 Å². The van der Waals surface area contributed by atoms with Crippen LogP contribution in [-0.4, -0.2) is 36.6 Å². The summed E-state index contributed by atoms with van der Waals surface area (Å²) in [7, 11) is -3.70. The largest absolute Gasteiger partial charge is 0.351 e. The Labute approximate surface area is 176 Å². The van der Waals surface area contributed by atoms with E-state index in [1.54, 1.807) is 12.1 Å². The van der Waals surface area contributed by atoms with Gasteiger partial charge in [-0.15, -0.1) is 0 Å². The molecular weight excluding hydrogens is 442 g/mol. The highest BCUT2D eigenvalue weighted by molar-refractivity contribution is 9.10. The van der Waals surface area contributed by atoms with Crippen molar-refractivity contribution in [2.75, 3.05) is 11.4 Å². The van der Waals surface area contributed by atoms with Crippen molar-refractivity contribution in [3.8, 4) is 0 Å². The SMILES string of the molecule is C[C@@H]1CN(c2nc(Br)ccc2C(=O)NS(=O)(=O)C2CCCCCC2)C(C)(C)C1. The minimum absolute atomic E-state index is 0.150. The van der Waals surface area contributed by atoms with E-state index in [1.807, 2.05) is 0 Å². The van der Waals surface area contributed by atoms with E-state index in [0.29, 0.717) is 34.7 Å². The summed E-state index contributed by atoms with van der Waals surface area (Å²) in [4.78, 5) is 19.7. The first-order chi connectivity index (χ1) is 13.1. The minimum Gasteiger partial charge on any atom is -0.351 e. The Balaban J connectivity index is 1.88. The normalized spacial score (nSPS) is 23.4. The lowest BCUT2D eigenvalue weighted by molar-refractivity contribution is 0.0981. The number of carbonyl (C=O) groups excluding carboxylic acids is 1. The predicted octanol–water partition coefficient (Wildman–Crippen LogP) is 4.25. The highest BCUT2D eigenvalue weighted by atomic mass is 79.9. The molecule has 28 heavy (non-hydrogen) atoms. The first-order valence-corrected chi connectivity index (χ1v) is 12.4. The number of rotatable bonds is 4. The van der Waals surface area contributed by atoms with Crippen molar-refractivity contribution < 1.29 is 13.2 Å². The summed E-state index contributed by atoms with van der Waals surface area (Å²) in [5.74, 6) is 0.424. The Morgan fingerprint density at radius 3 is 2.43 bits per heavy atom. The molecule has 0 radical (unpaired) electrons. The van der Waals surface area contributed by atoms with Crippen LogP contribution in [0.25, 0.3) is 0 Å². The molecule has 1 aliphatic carbocycles. The molecule has 6 nitrogen and oxygen atoms in total. The molecule has 2 aliphatic rings. The van der Waals surface area contributed by atoms with Gasteiger partial charge in [0, 0.05) is 12.1 Å². The van der Waals surface area contributed by atoms with E-state index in [1.165, 1.54) is 0 Å². The molecule has 2 heterocycles. The number of nitrogens with zero attached hydrogens (tertiary/aromatic N) is 2. The van der Waals surface area contributed by atoms with Gasteiger partial charge >= 0.3 is 0 Å². The van der Waals surface area contributed by atoms with E-state index < -0.39 is 21.2 Å². The fourth-order valence-electron chi connectivity index (χ4n) is 4.59. The summed E-state index contributed by atoms with van der Waals surface area (Å²) in [6.07, 6.45) is 6.12. The molecule has 1 N–H and O–H groups in total. The van der Waals surface area contributed by atoms with E-state index in [9.17, 15) is 13.2 Å². The maximum absolute atomic E-state index is 13.0. The van der Waals surface area contributed by atoms with Gasteiger partial charge in [0.1, 0.15) is 10.4 Å². The van der Waals surface area contributed by atoms with Gasteiger partial charge in [-0.2, -0.15) is 0 Å². The van der Waals surface area contributed by atoms with Gasteiger partial charge in [0.2, 0.25) is 10.0 Å². The van der Waals surface area contributed by atoms with E-state index >= 15 is 0 Å². The Morgan fingerprint density at radius 1 is 1.21 bits per heavy atom. The van der Waals surface area contributed by atoms with Crippen LogP contribution in [0.2, 0.25) is 0 Å².